The van der Waals surface area contributed by atoms with Crippen LogP contribution in [0.1, 0.15) is 11.4 Å². The molecule has 0 spiro atoms. The fraction of sp³-hybridized carbons (Fsp3) is 0.259. The van der Waals surface area contributed by atoms with Crippen LogP contribution >= 0.6 is 0 Å². The summed E-state index contributed by atoms with van der Waals surface area (Å²) >= 11 is 0. The highest BCUT2D eigenvalue weighted by atomic mass is 19.4. The first-order chi connectivity index (χ1) is 18.8. The van der Waals surface area contributed by atoms with Gasteiger partial charge in [-0.1, -0.05) is 6.07 Å². The van der Waals surface area contributed by atoms with E-state index in [-0.39, 0.29) is 29.4 Å². The highest BCUT2D eigenvalue weighted by molar-refractivity contribution is 5.96. The molecule has 6 rings (SSSR count). The molecule has 4 heterocycles. The number of rotatable bonds is 4. The normalized spacial score (nSPS) is 15.3. The molecular formula is C27H24F3N7O2. The molecule has 2 N–H and O–H groups in total. The van der Waals surface area contributed by atoms with Gasteiger partial charge in [-0.15, -0.1) is 10.2 Å². The molecular weight excluding hydrogens is 511 g/mol. The summed E-state index contributed by atoms with van der Waals surface area (Å²) in [4.78, 5) is 18.7. The van der Waals surface area contributed by atoms with Crippen LogP contribution in [0.4, 0.5) is 24.5 Å². The van der Waals surface area contributed by atoms with Crippen LogP contribution in [0.15, 0.2) is 54.7 Å². The van der Waals surface area contributed by atoms with Gasteiger partial charge in [0.15, 0.2) is 5.82 Å². The Morgan fingerprint density at radius 2 is 1.67 bits per heavy atom. The van der Waals surface area contributed by atoms with E-state index < -0.39 is 11.7 Å². The number of amides is 1. The van der Waals surface area contributed by atoms with Crippen molar-refractivity contribution in [2.75, 3.05) is 43.5 Å². The van der Waals surface area contributed by atoms with Crippen LogP contribution in [0.25, 0.3) is 28.2 Å². The second-order valence-corrected chi connectivity index (χ2v) is 9.29. The Hall–Kier alpha value is -4.45. The quantitative estimate of drug-likeness (QED) is 0.409. The molecule has 0 radical (unpaired) electrons. The van der Waals surface area contributed by atoms with Crippen molar-refractivity contribution in [3.05, 3.63) is 66.1 Å². The molecule has 39 heavy (non-hydrogen) atoms. The molecule has 0 saturated carbocycles. The maximum atomic E-state index is 14.2. The maximum Gasteiger partial charge on any atom is 0.418 e. The van der Waals surface area contributed by atoms with Crippen LogP contribution in [0, 0.1) is 0 Å². The van der Waals surface area contributed by atoms with Gasteiger partial charge in [0.25, 0.3) is 0 Å². The van der Waals surface area contributed by atoms with Crippen LogP contribution in [0.5, 0.6) is 5.88 Å². The van der Waals surface area contributed by atoms with Crippen molar-refractivity contribution < 1.29 is 22.7 Å². The Bertz CT molecular complexity index is 1540. The predicted molar refractivity (Wildman–Crippen MR) is 139 cm³/mol. The van der Waals surface area contributed by atoms with Crippen LogP contribution in [0.2, 0.25) is 0 Å². The fourth-order valence-electron chi connectivity index (χ4n) is 4.98. The van der Waals surface area contributed by atoms with Gasteiger partial charge in [0.05, 0.1) is 30.5 Å². The van der Waals surface area contributed by atoms with Crippen molar-refractivity contribution in [2.24, 2.45) is 0 Å². The van der Waals surface area contributed by atoms with Gasteiger partial charge in [-0.25, -0.2) is 4.98 Å². The molecule has 9 nitrogen and oxygen atoms in total. The Morgan fingerprint density at radius 3 is 2.38 bits per heavy atom. The molecule has 2 aromatic carbocycles. The molecule has 4 aromatic rings. The van der Waals surface area contributed by atoms with Crippen LogP contribution in [-0.2, 0) is 17.4 Å². The van der Waals surface area contributed by atoms with E-state index in [0.717, 1.165) is 17.2 Å². The molecule has 1 amide bonds. The van der Waals surface area contributed by atoms with E-state index in [1.165, 1.54) is 13.2 Å². The molecule has 0 bridgehead atoms. The molecule has 12 heteroatoms. The van der Waals surface area contributed by atoms with Crippen molar-refractivity contribution in [2.45, 2.75) is 12.6 Å². The molecule has 0 aliphatic carbocycles. The van der Waals surface area contributed by atoms with Gasteiger partial charge in [-0.2, -0.15) is 13.2 Å². The van der Waals surface area contributed by atoms with E-state index in [1.54, 1.807) is 39.9 Å². The second kappa shape index (κ2) is 9.70. The number of benzene rings is 2. The monoisotopic (exact) mass is 535 g/mol. The van der Waals surface area contributed by atoms with Gasteiger partial charge in [-0.05, 0) is 42.0 Å². The minimum Gasteiger partial charge on any atom is -0.481 e. The number of fused-ring (bicyclic) bond motifs is 3. The average molecular weight is 536 g/mol. The lowest BCUT2D eigenvalue weighted by molar-refractivity contribution is -0.137. The van der Waals surface area contributed by atoms with Gasteiger partial charge >= 0.3 is 6.18 Å². The van der Waals surface area contributed by atoms with E-state index in [4.69, 9.17) is 4.74 Å². The van der Waals surface area contributed by atoms with Crippen LogP contribution < -0.4 is 20.3 Å². The summed E-state index contributed by atoms with van der Waals surface area (Å²) in [7, 11) is 1.53. The number of carbonyl (C=O) groups is 1. The predicted octanol–water partition coefficient (Wildman–Crippen LogP) is 3.93. The third-order valence-electron chi connectivity index (χ3n) is 6.86. The first-order valence-electron chi connectivity index (χ1n) is 12.4. The van der Waals surface area contributed by atoms with Crippen molar-refractivity contribution in [1.82, 2.24) is 25.1 Å². The molecule has 0 unspecified atom stereocenters. The smallest absolute Gasteiger partial charge is 0.418 e. The molecule has 2 aliphatic rings. The topological polar surface area (TPSA) is 97.2 Å². The summed E-state index contributed by atoms with van der Waals surface area (Å²) in [6.45, 7) is 2.19. The molecule has 1 saturated heterocycles. The number of ether oxygens (including phenoxy) is 1. The van der Waals surface area contributed by atoms with E-state index in [1.807, 2.05) is 12.1 Å². The Balaban J connectivity index is 1.45. The standard InChI is InChI=1S/C27H24F3N7O2/c1-39-25-7-4-18(15-32-25)16-2-6-22-20(13-16)33-24(38)14-23-34-35-26(37(22)23)17-3-5-21(19(12-17)27(28,29)30)36-10-8-31-9-11-36/h2-7,12-13,15,31H,8-11,14H2,1H3,(H,33,38). The first kappa shape index (κ1) is 24.9. The SMILES string of the molecule is COc1ccc(-c2ccc3c(c2)NC(=O)Cc2nnc(-c4ccc(N5CCNCC5)c(C(F)(F)F)c4)n2-3)cn1. The number of anilines is 2. The number of nitrogens with one attached hydrogen (secondary N) is 2. The fourth-order valence-corrected chi connectivity index (χ4v) is 4.98. The second-order valence-electron chi connectivity index (χ2n) is 9.29. The number of nitrogens with zero attached hydrogens (tertiary/aromatic N) is 5. The zero-order valence-corrected chi connectivity index (χ0v) is 20.9. The summed E-state index contributed by atoms with van der Waals surface area (Å²) in [5.74, 6) is 0.726. The summed E-state index contributed by atoms with van der Waals surface area (Å²) in [6, 6.07) is 13.2. The third kappa shape index (κ3) is 4.67. The molecule has 2 aliphatic heterocycles. The van der Waals surface area contributed by atoms with Gasteiger partial charge in [-0.3, -0.25) is 9.36 Å². The summed E-state index contributed by atoms with van der Waals surface area (Å²) in [5, 5.41) is 14.5. The number of piperazine rings is 1. The zero-order chi connectivity index (χ0) is 27.1. The first-order valence-corrected chi connectivity index (χ1v) is 12.4. The number of aromatic nitrogens is 4. The number of carbonyl (C=O) groups excluding carboxylic acids is 1. The minimum absolute atomic E-state index is 0.0773. The zero-order valence-electron chi connectivity index (χ0n) is 20.9. The number of pyridine rings is 1. The van der Waals surface area contributed by atoms with Crippen LogP contribution in [0.3, 0.4) is 0 Å². The number of hydrogen-bond acceptors (Lipinski definition) is 7. The number of alkyl halides is 3. The van der Waals surface area contributed by atoms with Gasteiger partial charge in [0, 0.05) is 55.3 Å². The lowest BCUT2D eigenvalue weighted by Crippen LogP contribution is -2.44. The maximum absolute atomic E-state index is 14.2. The summed E-state index contributed by atoms with van der Waals surface area (Å²) < 4.78 is 49.4. The van der Waals surface area contributed by atoms with Crippen molar-refractivity contribution >= 4 is 17.3 Å². The van der Waals surface area contributed by atoms with Crippen molar-refractivity contribution in [3.63, 3.8) is 0 Å². The minimum atomic E-state index is -4.56. The van der Waals surface area contributed by atoms with Gasteiger partial charge in [0.1, 0.15) is 5.82 Å². The van der Waals surface area contributed by atoms with E-state index in [0.29, 0.717) is 49.3 Å². The average Bonchev–Trinajstić information content (AvgIpc) is 3.29. The van der Waals surface area contributed by atoms with Gasteiger partial charge in [0.2, 0.25) is 11.8 Å². The molecule has 1 fully saturated rings. The number of halogens is 3. The van der Waals surface area contributed by atoms with E-state index >= 15 is 0 Å². The number of methoxy groups -OCH3 is 1. The van der Waals surface area contributed by atoms with E-state index in [9.17, 15) is 18.0 Å². The van der Waals surface area contributed by atoms with E-state index in [2.05, 4.69) is 25.8 Å². The van der Waals surface area contributed by atoms with Gasteiger partial charge < -0.3 is 20.3 Å². The summed E-state index contributed by atoms with van der Waals surface area (Å²) in [6.07, 6.45) is -2.98. The highest BCUT2D eigenvalue weighted by Crippen LogP contribution is 2.40. The van der Waals surface area contributed by atoms with Crippen molar-refractivity contribution in [3.8, 4) is 34.1 Å². The lowest BCUT2D eigenvalue weighted by Gasteiger charge is -2.31. The molecule has 0 atom stereocenters. The Kier molecular flexibility index (Phi) is 6.18. The van der Waals surface area contributed by atoms with Crippen LogP contribution in [-0.4, -0.2) is 58.9 Å². The molecule has 2 aromatic heterocycles. The third-order valence-corrected chi connectivity index (χ3v) is 6.86. The Morgan fingerprint density at radius 1 is 0.923 bits per heavy atom. The highest BCUT2D eigenvalue weighted by Gasteiger charge is 2.36. The summed E-state index contributed by atoms with van der Waals surface area (Å²) in [5.41, 5.74) is 2.30. The largest absolute Gasteiger partial charge is 0.481 e. The lowest BCUT2D eigenvalue weighted by atomic mass is 10.0. The molecule has 200 valence electrons. The van der Waals surface area contributed by atoms with Crippen molar-refractivity contribution in [1.29, 1.82) is 0 Å². The Labute approximate surface area is 221 Å². The number of hydrogen-bond donors (Lipinski definition) is 2.